The molecule has 1 spiro atoms. The molecule has 1 atom stereocenters. The Bertz CT molecular complexity index is 381. The Morgan fingerprint density at radius 3 is 2.62 bits per heavy atom. The van der Waals surface area contributed by atoms with Gasteiger partial charge in [-0.1, -0.05) is 6.92 Å². The summed E-state index contributed by atoms with van der Waals surface area (Å²) in [6.45, 7) is 5.73. The zero-order chi connectivity index (χ0) is 14.9. The Hall–Kier alpha value is -0.610. The number of likely N-dealkylation sites (tertiary alicyclic amines) is 1. The lowest BCUT2D eigenvalue weighted by molar-refractivity contribution is -0.144. The standard InChI is InChI=1S/C17H29NO3/c1-16(7-4-14(20-2)5-8-16)15(19)18-10-9-17(12-18)6-3-11-21-13-17/h14H,3-13H2,1-2H3. The second-order valence-corrected chi connectivity index (χ2v) is 7.63. The smallest absolute Gasteiger partial charge is 0.228 e. The van der Waals surface area contributed by atoms with Crippen LogP contribution in [0.2, 0.25) is 0 Å². The molecular weight excluding hydrogens is 266 g/mol. The van der Waals surface area contributed by atoms with Gasteiger partial charge in [0.1, 0.15) is 0 Å². The summed E-state index contributed by atoms with van der Waals surface area (Å²) in [5.41, 5.74) is 0.0874. The monoisotopic (exact) mass is 295 g/mol. The largest absolute Gasteiger partial charge is 0.381 e. The van der Waals surface area contributed by atoms with E-state index in [1.165, 1.54) is 6.42 Å². The van der Waals surface area contributed by atoms with Crippen LogP contribution in [0.15, 0.2) is 0 Å². The molecule has 0 bridgehead atoms. The SMILES string of the molecule is COC1CCC(C)(C(=O)N2CCC3(CCCOC3)C2)CC1. The van der Waals surface area contributed by atoms with E-state index in [9.17, 15) is 4.79 Å². The first-order chi connectivity index (χ1) is 10.1. The second kappa shape index (κ2) is 5.88. The molecule has 1 saturated carbocycles. The van der Waals surface area contributed by atoms with Crippen LogP contribution < -0.4 is 0 Å². The highest BCUT2D eigenvalue weighted by Crippen LogP contribution is 2.43. The number of carbonyl (C=O) groups excluding carboxylic acids is 1. The van der Waals surface area contributed by atoms with Crippen molar-refractivity contribution in [2.45, 2.75) is 58.0 Å². The average molecular weight is 295 g/mol. The number of rotatable bonds is 2. The van der Waals surface area contributed by atoms with Crippen molar-refractivity contribution in [3.8, 4) is 0 Å². The topological polar surface area (TPSA) is 38.8 Å². The number of hydrogen-bond donors (Lipinski definition) is 0. The third-order valence-electron chi connectivity index (χ3n) is 6.02. The van der Waals surface area contributed by atoms with Crippen LogP contribution in [0.3, 0.4) is 0 Å². The molecule has 21 heavy (non-hydrogen) atoms. The van der Waals surface area contributed by atoms with Crippen LogP contribution >= 0.6 is 0 Å². The van der Waals surface area contributed by atoms with Gasteiger partial charge in [-0.15, -0.1) is 0 Å². The molecular formula is C17H29NO3. The van der Waals surface area contributed by atoms with Crippen LogP contribution in [-0.2, 0) is 14.3 Å². The number of hydrogen-bond acceptors (Lipinski definition) is 3. The van der Waals surface area contributed by atoms with Gasteiger partial charge in [-0.05, 0) is 44.9 Å². The molecule has 3 rings (SSSR count). The molecule has 3 fully saturated rings. The summed E-state index contributed by atoms with van der Waals surface area (Å²) in [6.07, 6.45) is 7.79. The van der Waals surface area contributed by atoms with Crippen LogP contribution in [0.5, 0.6) is 0 Å². The van der Waals surface area contributed by atoms with Gasteiger partial charge in [0, 0.05) is 37.6 Å². The number of amides is 1. The lowest BCUT2D eigenvalue weighted by Crippen LogP contribution is -2.45. The minimum absolute atomic E-state index is 0.171. The quantitative estimate of drug-likeness (QED) is 0.786. The molecule has 2 aliphatic heterocycles. The Balaban J connectivity index is 1.61. The summed E-state index contributed by atoms with van der Waals surface area (Å²) >= 11 is 0. The minimum Gasteiger partial charge on any atom is -0.381 e. The molecule has 4 nitrogen and oxygen atoms in total. The Morgan fingerprint density at radius 2 is 2.00 bits per heavy atom. The van der Waals surface area contributed by atoms with Crippen molar-refractivity contribution in [2.24, 2.45) is 10.8 Å². The van der Waals surface area contributed by atoms with Crippen LogP contribution in [0.1, 0.15) is 51.9 Å². The van der Waals surface area contributed by atoms with Gasteiger partial charge in [0.15, 0.2) is 0 Å². The molecule has 0 aromatic rings. The molecule has 0 radical (unpaired) electrons. The van der Waals surface area contributed by atoms with Gasteiger partial charge in [0.25, 0.3) is 0 Å². The predicted octanol–water partition coefficient (Wildman–Crippen LogP) is 2.61. The zero-order valence-corrected chi connectivity index (χ0v) is 13.5. The Labute approximate surface area is 128 Å². The van der Waals surface area contributed by atoms with Gasteiger partial charge in [-0.25, -0.2) is 0 Å². The summed E-state index contributed by atoms with van der Waals surface area (Å²) in [6, 6.07) is 0. The first-order valence-corrected chi connectivity index (χ1v) is 8.47. The first-order valence-electron chi connectivity index (χ1n) is 8.47. The second-order valence-electron chi connectivity index (χ2n) is 7.63. The average Bonchev–Trinajstić information content (AvgIpc) is 2.91. The van der Waals surface area contributed by atoms with Crippen LogP contribution in [0.4, 0.5) is 0 Å². The third kappa shape index (κ3) is 2.98. The molecule has 1 aliphatic carbocycles. The Kier molecular flexibility index (Phi) is 4.28. The maximum atomic E-state index is 13.0. The van der Waals surface area contributed by atoms with E-state index in [0.29, 0.717) is 12.0 Å². The van der Waals surface area contributed by atoms with E-state index in [1.54, 1.807) is 7.11 Å². The molecule has 1 amide bonds. The van der Waals surface area contributed by atoms with Gasteiger partial charge in [-0.2, -0.15) is 0 Å². The normalized spacial score (nSPS) is 40.7. The molecule has 4 heteroatoms. The number of ether oxygens (including phenoxy) is 2. The van der Waals surface area contributed by atoms with E-state index in [2.05, 4.69) is 11.8 Å². The minimum atomic E-state index is -0.171. The summed E-state index contributed by atoms with van der Waals surface area (Å²) in [5.74, 6) is 0.375. The molecule has 0 N–H and O–H groups in total. The van der Waals surface area contributed by atoms with Gasteiger partial charge in [0.2, 0.25) is 5.91 Å². The molecule has 2 heterocycles. The summed E-state index contributed by atoms with van der Waals surface area (Å²) < 4.78 is 11.1. The fourth-order valence-corrected chi connectivity index (χ4v) is 4.40. The van der Waals surface area contributed by atoms with E-state index in [-0.39, 0.29) is 10.8 Å². The highest BCUT2D eigenvalue weighted by Gasteiger charge is 2.46. The maximum Gasteiger partial charge on any atom is 0.228 e. The number of nitrogens with zero attached hydrogens (tertiary/aromatic N) is 1. The maximum absolute atomic E-state index is 13.0. The predicted molar refractivity (Wildman–Crippen MR) is 81.1 cm³/mol. The fourth-order valence-electron chi connectivity index (χ4n) is 4.40. The summed E-state index contributed by atoms with van der Waals surface area (Å²) in [4.78, 5) is 15.1. The van der Waals surface area contributed by atoms with Crippen LogP contribution in [0, 0.1) is 10.8 Å². The molecule has 2 saturated heterocycles. The van der Waals surface area contributed by atoms with Crippen LogP contribution in [-0.4, -0.2) is 50.3 Å². The van der Waals surface area contributed by atoms with Crippen molar-refractivity contribution < 1.29 is 14.3 Å². The molecule has 120 valence electrons. The number of carbonyl (C=O) groups is 1. The van der Waals surface area contributed by atoms with Crippen molar-refractivity contribution in [2.75, 3.05) is 33.4 Å². The van der Waals surface area contributed by atoms with Gasteiger partial charge < -0.3 is 14.4 Å². The molecule has 0 aromatic carbocycles. The van der Waals surface area contributed by atoms with E-state index in [1.807, 2.05) is 0 Å². The van der Waals surface area contributed by atoms with Gasteiger partial charge in [0.05, 0.1) is 12.7 Å². The van der Waals surface area contributed by atoms with E-state index < -0.39 is 0 Å². The molecule has 3 aliphatic rings. The van der Waals surface area contributed by atoms with Crippen LogP contribution in [0.25, 0.3) is 0 Å². The zero-order valence-electron chi connectivity index (χ0n) is 13.5. The molecule has 0 aromatic heterocycles. The highest BCUT2D eigenvalue weighted by atomic mass is 16.5. The number of methoxy groups -OCH3 is 1. The lowest BCUT2D eigenvalue weighted by atomic mass is 9.73. The Morgan fingerprint density at radius 1 is 1.24 bits per heavy atom. The first kappa shape index (κ1) is 15.3. The van der Waals surface area contributed by atoms with Gasteiger partial charge in [-0.3, -0.25) is 4.79 Å². The van der Waals surface area contributed by atoms with Gasteiger partial charge >= 0.3 is 0 Å². The highest BCUT2D eigenvalue weighted by molar-refractivity contribution is 5.82. The lowest BCUT2D eigenvalue weighted by Gasteiger charge is -2.39. The van der Waals surface area contributed by atoms with Crippen molar-refractivity contribution in [3.63, 3.8) is 0 Å². The van der Waals surface area contributed by atoms with Crippen molar-refractivity contribution in [1.29, 1.82) is 0 Å². The fraction of sp³-hybridized carbons (Fsp3) is 0.941. The van der Waals surface area contributed by atoms with E-state index >= 15 is 0 Å². The third-order valence-corrected chi connectivity index (χ3v) is 6.02. The summed E-state index contributed by atoms with van der Waals surface area (Å²) in [7, 11) is 1.78. The summed E-state index contributed by atoms with van der Waals surface area (Å²) in [5, 5.41) is 0. The van der Waals surface area contributed by atoms with E-state index in [0.717, 1.165) is 64.8 Å². The van der Waals surface area contributed by atoms with Crippen molar-refractivity contribution in [3.05, 3.63) is 0 Å². The van der Waals surface area contributed by atoms with Crippen molar-refractivity contribution in [1.82, 2.24) is 4.90 Å². The van der Waals surface area contributed by atoms with Crippen molar-refractivity contribution >= 4 is 5.91 Å². The van der Waals surface area contributed by atoms with E-state index in [4.69, 9.17) is 9.47 Å². The molecule has 1 unspecified atom stereocenters.